The highest BCUT2D eigenvalue weighted by Crippen LogP contribution is 2.28. The number of hydrogen-bond acceptors (Lipinski definition) is 3. The number of nitrogens with two attached hydrogens (primary N) is 1. The van der Waals surface area contributed by atoms with Crippen LogP contribution in [-0.4, -0.2) is 29.8 Å². The van der Waals surface area contributed by atoms with Crippen LogP contribution in [0.25, 0.3) is 0 Å². The topological polar surface area (TPSA) is 75.4 Å². The molecule has 1 saturated heterocycles. The number of rotatable bonds is 6. The highest BCUT2D eigenvalue weighted by molar-refractivity contribution is 6.35. The summed E-state index contributed by atoms with van der Waals surface area (Å²) in [6, 6.07) is 12.7. The second-order valence-electron chi connectivity index (χ2n) is 7.10. The minimum Gasteiger partial charge on any atom is -0.369 e. The molecule has 0 saturated carbocycles. The SMILES string of the molecule is NC(=O)Cc1ccc(NC(=O)C2CCCN(Cc3c(Cl)cccc3Cl)C2)cc1. The van der Waals surface area contributed by atoms with Gasteiger partial charge in [0.05, 0.1) is 12.3 Å². The molecule has 2 aromatic carbocycles. The molecule has 0 radical (unpaired) electrons. The number of carbonyl (C=O) groups excluding carboxylic acids is 2. The zero-order chi connectivity index (χ0) is 20.1. The summed E-state index contributed by atoms with van der Waals surface area (Å²) < 4.78 is 0. The molecule has 148 valence electrons. The van der Waals surface area contributed by atoms with E-state index in [2.05, 4.69) is 10.2 Å². The van der Waals surface area contributed by atoms with Crippen LogP contribution in [0, 0.1) is 5.92 Å². The fourth-order valence-corrected chi connectivity index (χ4v) is 3.99. The van der Waals surface area contributed by atoms with Crippen LogP contribution in [0.15, 0.2) is 42.5 Å². The van der Waals surface area contributed by atoms with E-state index in [1.807, 2.05) is 18.2 Å². The van der Waals surface area contributed by atoms with Crippen LogP contribution in [0.2, 0.25) is 10.0 Å². The zero-order valence-electron chi connectivity index (χ0n) is 15.5. The Kier molecular flexibility index (Phi) is 6.94. The van der Waals surface area contributed by atoms with Crippen LogP contribution in [0.4, 0.5) is 5.69 Å². The van der Waals surface area contributed by atoms with Crippen LogP contribution >= 0.6 is 23.2 Å². The minimum absolute atomic E-state index is 0.00222. The first-order valence-electron chi connectivity index (χ1n) is 9.25. The van der Waals surface area contributed by atoms with Gasteiger partial charge < -0.3 is 11.1 Å². The highest BCUT2D eigenvalue weighted by atomic mass is 35.5. The van der Waals surface area contributed by atoms with Gasteiger partial charge in [-0.05, 0) is 49.2 Å². The van der Waals surface area contributed by atoms with E-state index >= 15 is 0 Å². The molecule has 3 rings (SSSR count). The minimum atomic E-state index is -0.377. The first-order chi connectivity index (χ1) is 13.4. The van der Waals surface area contributed by atoms with Gasteiger partial charge >= 0.3 is 0 Å². The molecule has 0 spiro atoms. The Morgan fingerprint density at radius 1 is 1.11 bits per heavy atom. The van der Waals surface area contributed by atoms with E-state index in [-0.39, 0.29) is 24.2 Å². The fourth-order valence-electron chi connectivity index (χ4n) is 3.47. The number of primary amides is 1. The van der Waals surface area contributed by atoms with Crippen LogP contribution in [0.3, 0.4) is 0 Å². The molecule has 0 bridgehead atoms. The van der Waals surface area contributed by atoms with Gasteiger partial charge in [0.2, 0.25) is 11.8 Å². The molecule has 28 heavy (non-hydrogen) atoms. The maximum Gasteiger partial charge on any atom is 0.228 e. The van der Waals surface area contributed by atoms with Gasteiger partial charge in [0, 0.05) is 34.4 Å². The third-order valence-electron chi connectivity index (χ3n) is 4.92. The lowest BCUT2D eigenvalue weighted by Crippen LogP contribution is -2.40. The van der Waals surface area contributed by atoms with E-state index < -0.39 is 0 Å². The van der Waals surface area contributed by atoms with Gasteiger partial charge in [-0.3, -0.25) is 14.5 Å². The number of likely N-dealkylation sites (tertiary alicyclic amines) is 1. The lowest BCUT2D eigenvalue weighted by molar-refractivity contribution is -0.121. The Hall–Kier alpha value is -2.08. The summed E-state index contributed by atoms with van der Waals surface area (Å²) in [7, 11) is 0. The maximum absolute atomic E-state index is 12.7. The average molecular weight is 420 g/mol. The molecule has 1 atom stereocenters. The van der Waals surface area contributed by atoms with Crippen molar-refractivity contribution in [2.75, 3.05) is 18.4 Å². The van der Waals surface area contributed by atoms with Crippen molar-refractivity contribution in [3.05, 3.63) is 63.6 Å². The van der Waals surface area contributed by atoms with Gasteiger partial charge in [-0.25, -0.2) is 0 Å². The molecule has 1 fully saturated rings. The number of halogens is 2. The molecule has 1 unspecified atom stereocenters. The molecule has 7 heteroatoms. The largest absolute Gasteiger partial charge is 0.369 e. The van der Waals surface area contributed by atoms with Crippen molar-refractivity contribution >= 4 is 40.7 Å². The van der Waals surface area contributed by atoms with E-state index in [1.165, 1.54) is 0 Å². The molecule has 1 heterocycles. The predicted molar refractivity (Wildman–Crippen MR) is 112 cm³/mol. The molecule has 0 aromatic heterocycles. The molecule has 3 N–H and O–H groups in total. The number of carbonyl (C=O) groups is 2. The Balaban J connectivity index is 1.59. The first-order valence-corrected chi connectivity index (χ1v) is 10.0. The van der Waals surface area contributed by atoms with E-state index in [0.29, 0.717) is 28.8 Å². The highest BCUT2D eigenvalue weighted by Gasteiger charge is 2.26. The Morgan fingerprint density at radius 3 is 2.43 bits per heavy atom. The summed E-state index contributed by atoms with van der Waals surface area (Å²) in [4.78, 5) is 25.9. The van der Waals surface area contributed by atoms with Crippen molar-refractivity contribution in [1.82, 2.24) is 4.90 Å². The number of piperidine rings is 1. The average Bonchev–Trinajstić information content (AvgIpc) is 2.66. The fraction of sp³-hybridized carbons (Fsp3) is 0.333. The standard InChI is InChI=1S/C21H23Cl2N3O2/c22-18-4-1-5-19(23)17(18)13-26-10-2-3-15(12-26)21(28)25-16-8-6-14(7-9-16)11-20(24)27/h1,4-9,15H,2-3,10-13H2,(H2,24,27)(H,25,28). The smallest absolute Gasteiger partial charge is 0.228 e. The molecule has 2 amide bonds. The van der Waals surface area contributed by atoms with Crippen molar-refractivity contribution in [2.24, 2.45) is 11.7 Å². The molecule has 5 nitrogen and oxygen atoms in total. The van der Waals surface area contributed by atoms with Crippen molar-refractivity contribution < 1.29 is 9.59 Å². The summed E-state index contributed by atoms with van der Waals surface area (Å²) in [5.41, 5.74) is 7.64. The monoisotopic (exact) mass is 419 g/mol. The van der Waals surface area contributed by atoms with Crippen LogP contribution in [-0.2, 0) is 22.6 Å². The quantitative estimate of drug-likeness (QED) is 0.745. The van der Waals surface area contributed by atoms with Gasteiger partial charge in [-0.15, -0.1) is 0 Å². The second kappa shape index (κ2) is 9.41. The third kappa shape index (κ3) is 5.47. The van der Waals surface area contributed by atoms with Crippen molar-refractivity contribution in [3.63, 3.8) is 0 Å². The van der Waals surface area contributed by atoms with Crippen LogP contribution < -0.4 is 11.1 Å². The maximum atomic E-state index is 12.7. The number of benzene rings is 2. The Labute approximate surface area is 174 Å². The van der Waals surface area contributed by atoms with Crippen LogP contribution in [0.1, 0.15) is 24.0 Å². The van der Waals surface area contributed by atoms with Gasteiger partial charge in [0.15, 0.2) is 0 Å². The molecular weight excluding hydrogens is 397 g/mol. The number of nitrogens with zero attached hydrogens (tertiary/aromatic N) is 1. The van der Waals surface area contributed by atoms with Crippen molar-refractivity contribution in [1.29, 1.82) is 0 Å². The summed E-state index contributed by atoms with van der Waals surface area (Å²) in [5, 5.41) is 4.26. The van der Waals surface area contributed by atoms with Gasteiger partial charge in [-0.1, -0.05) is 41.4 Å². The van der Waals surface area contributed by atoms with Crippen LogP contribution in [0.5, 0.6) is 0 Å². The van der Waals surface area contributed by atoms with Crippen molar-refractivity contribution in [3.8, 4) is 0 Å². The van der Waals surface area contributed by atoms with E-state index in [1.54, 1.807) is 24.3 Å². The summed E-state index contributed by atoms with van der Waals surface area (Å²) in [5.74, 6) is -0.476. The molecule has 2 aromatic rings. The number of anilines is 1. The summed E-state index contributed by atoms with van der Waals surface area (Å²) in [6.07, 6.45) is 1.98. The zero-order valence-corrected chi connectivity index (χ0v) is 17.0. The Bertz CT molecular complexity index is 835. The van der Waals surface area contributed by atoms with Gasteiger partial charge in [-0.2, -0.15) is 0 Å². The molecular formula is C21H23Cl2N3O2. The van der Waals surface area contributed by atoms with Gasteiger partial charge in [0.1, 0.15) is 0 Å². The molecule has 1 aliphatic rings. The van der Waals surface area contributed by atoms with E-state index in [0.717, 1.165) is 30.5 Å². The number of amides is 2. The normalized spacial score (nSPS) is 17.3. The van der Waals surface area contributed by atoms with Crippen molar-refractivity contribution in [2.45, 2.75) is 25.8 Å². The number of hydrogen-bond donors (Lipinski definition) is 2. The molecule has 0 aliphatic carbocycles. The van der Waals surface area contributed by atoms with E-state index in [9.17, 15) is 9.59 Å². The predicted octanol–water partition coefficient (Wildman–Crippen LogP) is 3.87. The lowest BCUT2D eigenvalue weighted by Gasteiger charge is -2.32. The Morgan fingerprint density at radius 2 is 1.79 bits per heavy atom. The summed E-state index contributed by atoms with van der Waals surface area (Å²) in [6.45, 7) is 2.20. The van der Waals surface area contributed by atoms with Gasteiger partial charge in [0.25, 0.3) is 0 Å². The second-order valence-corrected chi connectivity index (χ2v) is 7.92. The molecule has 1 aliphatic heterocycles. The number of nitrogens with one attached hydrogen (secondary N) is 1. The lowest BCUT2D eigenvalue weighted by atomic mass is 9.96. The third-order valence-corrected chi connectivity index (χ3v) is 5.63. The first kappa shape index (κ1) is 20.6. The summed E-state index contributed by atoms with van der Waals surface area (Å²) >= 11 is 12.6. The van der Waals surface area contributed by atoms with E-state index in [4.69, 9.17) is 28.9 Å².